The lowest BCUT2D eigenvalue weighted by molar-refractivity contribution is -0.139. The van der Waals surface area contributed by atoms with Crippen LogP contribution in [0.4, 0.5) is 0 Å². The van der Waals surface area contributed by atoms with Gasteiger partial charge in [0, 0.05) is 38.4 Å². The maximum absolute atomic E-state index is 12.5. The summed E-state index contributed by atoms with van der Waals surface area (Å²) < 4.78 is 0. The molecular formula is C20H29N3O2. The molecule has 5 heteroatoms. The van der Waals surface area contributed by atoms with E-state index in [-0.39, 0.29) is 17.7 Å². The van der Waals surface area contributed by atoms with E-state index in [4.69, 9.17) is 0 Å². The lowest BCUT2D eigenvalue weighted by Crippen LogP contribution is -2.47. The monoisotopic (exact) mass is 343 g/mol. The standard InChI is InChI=1S/C20H29N3O2/c24-19-9-8-18(15-23(19)14-17-5-2-1-3-6-17)20(25)22-12-10-16-7-4-11-21-13-16/h4,7,11,13,17-18H,1-3,5-6,8-10,12,14-15H2,(H,22,25)/t18-/m1/s1. The van der Waals surface area contributed by atoms with E-state index in [2.05, 4.69) is 10.3 Å². The fraction of sp³-hybridized carbons (Fsp3) is 0.650. The van der Waals surface area contributed by atoms with Gasteiger partial charge in [-0.2, -0.15) is 0 Å². The first kappa shape index (κ1) is 17.9. The number of piperidine rings is 1. The number of hydrogen-bond acceptors (Lipinski definition) is 3. The molecule has 1 saturated heterocycles. The van der Waals surface area contributed by atoms with Crippen LogP contribution in [0.5, 0.6) is 0 Å². The molecule has 2 amide bonds. The van der Waals surface area contributed by atoms with Crippen molar-refractivity contribution in [2.45, 2.75) is 51.4 Å². The van der Waals surface area contributed by atoms with Gasteiger partial charge in [0.15, 0.2) is 0 Å². The molecular weight excluding hydrogens is 314 g/mol. The number of carbonyl (C=O) groups excluding carboxylic acids is 2. The maximum Gasteiger partial charge on any atom is 0.224 e. The molecule has 1 aromatic rings. The van der Waals surface area contributed by atoms with Crippen LogP contribution in [0.1, 0.15) is 50.5 Å². The van der Waals surface area contributed by atoms with Crippen molar-refractivity contribution in [2.24, 2.45) is 11.8 Å². The highest BCUT2D eigenvalue weighted by molar-refractivity contribution is 5.83. The molecule has 0 aromatic carbocycles. The largest absolute Gasteiger partial charge is 0.355 e. The molecule has 5 nitrogen and oxygen atoms in total. The van der Waals surface area contributed by atoms with Crippen LogP contribution in [0, 0.1) is 11.8 Å². The van der Waals surface area contributed by atoms with Gasteiger partial charge in [-0.05, 0) is 43.2 Å². The van der Waals surface area contributed by atoms with Gasteiger partial charge in [-0.25, -0.2) is 0 Å². The van der Waals surface area contributed by atoms with E-state index >= 15 is 0 Å². The summed E-state index contributed by atoms with van der Waals surface area (Å²) in [4.78, 5) is 30.7. The molecule has 0 spiro atoms. The SMILES string of the molecule is O=C(NCCc1cccnc1)[C@@H]1CCC(=O)N(CC2CCCCC2)C1. The highest BCUT2D eigenvalue weighted by atomic mass is 16.2. The van der Waals surface area contributed by atoms with Crippen molar-refractivity contribution in [3.05, 3.63) is 30.1 Å². The summed E-state index contributed by atoms with van der Waals surface area (Å²) in [7, 11) is 0. The van der Waals surface area contributed by atoms with Crippen LogP contribution in [0.15, 0.2) is 24.5 Å². The van der Waals surface area contributed by atoms with Gasteiger partial charge >= 0.3 is 0 Å². The van der Waals surface area contributed by atoms with E-state index in [1.807, 2.05) is 23.2 Å². The zero-order valence-electron chi connectivity index (χ0n) is 15.0. The second-order valence-corrected chi connectivity index (χ2v) is 7.44. The third-order valence-electron chi connectivity index (χ3n) is 5.51. The summed E-state index contributed by atoms with van der Waals surface area (Å²) in [6.45, 7) is 2.06. The third-order valence-corrected chi connectivity index (χ3v) is 5.51. The second kappa shape index (κ2) is 8.97. The van der Waals surface area contributed by atoms with Crippen molar-refractivity contribution in [3.63, 3.8) is 0 Å². The van der Waals surface area contributed by atoms with Gasteiger partial charge < -0.3 is 10.2 Å². The topological polar surface area (TPSA) is 62.3 Å². The van der Waals surface area contributed by atoms with Gasteiger partial charge in [-0.1, -0.05) is 25.3 Å². The van der Waals surface area contributed by atoms with Gasteiger partial charge in [0.2, 0.25) is 11.8 Å². The smallest absolute Gasteiger partial charge is 0.224 e. The Morgan fingerprint density at radius 3 is 2.84 bits per heavy atom. The molecule has 1 saturated carbocycles. The quantitative estimate of drug-likeness (QED) is 0.863. The summed E-state index contributed by atoms with van der Waals surface area (Å²) in [6, 6.07) is 3.93. The van der Waals surface area contributed by atoms with E-state index in [0.29, 0.717) is 31.8 Å². The number of amides is 2. The van der Waals surface area contributed by atoms with Crippen molar-refractivity contribution < 1.29 is 9.59 Å². The van der Waals surface area contributed by atoms with Gasteiger partial charge in [0.25, 0.3) is 0 Å². The van der Waals surface area contributed by atoms with E-state index in [0.717, 1.165) is 18.5 Å². The summed E-state index contributed by atoms with van der Waals surface area (Å²) >= 11 is 0. The molecule has 2 aliphatic rings. The van der Waals surface area contributed by atoms with Crippen molar-refractivity contribution >= 4 is 11.8 Å². The van der Waals surface area contributed by atoms with Gasteiger partial charge in [0.05, 0.1) is 5.92 Å². The summed E-state index contributed by atoms with van der Waals surface area (Å²) in [5.74, 6) is 0.885. The molecule has 1 aliphatic heterocycles. The predicted molar refractivity (Wildman–Crippen MR) is 96.8 cm³/mol. The molecule has 0 radical (unpaired) electrons. The summed E-state index contributed by atoms with van der Waals surface area (Å²) in [5.41, 5.74) is 1.13. The van der Waals surface area contributed by atoms with Crippen LogP contribution in [0.25, 0.3) is 0 Å². The van der Waals surface area contributed by atoms with Crippen LogP contribution < -0.4 is 5.32 Å². The Balaban J connectivity index is 1.44. The molecule has 1 N–H and O–H groups in total. The normalized spacial score (nSPS) is 22.0. The minimum atomic E-state index is -0.0600. The Labute approximate surface area is 150 Å². The number of nitrogens with one attached hydrogen (secondary N) is 1. The number of aromatic nitrogens is 1. The average molecular weight is 343 g/mol. The highest BCUT2D eigenvalue weighted by Gasteiger charge is 2.31. The minimum Gasteiger partial charge on any atom is -0.355 e. The summed E-state index contributed by atoms with van der Waals surface area (Å²) in [6.07, 6.45) is 11.9. The minimum absolute atomic E-state index is 0.0600. The molecule has 1 atom stereocenters. The maximum atomic E-state index is 12.5. The molecule has 136 valence electrons. The first-order valence-electron chi connectivity index (χ1n) is 9.67. The molecule has 0 unspecified atom stereocenters. The zero-order chi connectivity index (χ0) is 17.5. The van der Waals surface area contributed by atoms with Gasteiger partial charge in [-0.15, -0.1) is 0 Å². The number of nitrogens with zero attached hydrogens (tertiary/aromatic N) is 2. The first-order valence-corrected chi connectivity index (χ1v) is 9.67. The number of likely N-dealkylation sites (tertiary alicyclic amines) is 1. The number of carbonyl (C=O) groups is 2. The molecule has 1 aromatic heterocycles. The Hall–Kier alpha value is -1.91. The molecule has 2 fully saturated rings. The number of pyridine rings is 1. The fourth-order valence-electron chi connectivity index (χ4n) is 4.01. The van der Waals surface area contributed by atoms with Crippen LogP contribution in [-0.4, -0.2) is 41.3 Å². The first-order chi connectivity index (χ1) is 12.2. The van der Waals surface area contributed by atoms with Gasteiger partial charge in [-0.3, -0.25) is 14.6 Å². The van der Waals surface area contributed by atoms with Gasteiger partial charge in [0.1, 0.15) is 0 Å². The van der Waals surface area contributed by atoms with Crippen molar-refractivity contribution in [1.82, 2.24) is 15.2 Å². The van der Waals surface area contributed by atoms with E-state index in [1.165, 1.54) is 32.1 Å². The Bertz CT molecular complexity index is 570. The van der Waals surface area contributed by atoms with Crippen LogP contribution >= 0.6 is 0 Å². The average Bonchev–Trinajstić information content (AvgIpc) is 2.65. The Kier molecular flexibility index (Phi) is 6.42. The third kappa shape index (κ3) is 5.28. The summed E-state index contributed by atoms with van der Waals surface area (Å²) in [5, 5.41) is 3.04. The number of rotatable bonds is 6. The molecule has 1 aliphatic carbocycles. The zero-order valence-corrected chi connectivity index (χ0v) is 15.0. The Morgan fingerprint density at radius 2 is 2.08 bits per heavy atom. The molecule has 3 rings (SSSR count). The van der Waals surface area contributed by atoms with E-state index in [1.54, 1.807) is 6.20 Å². The molecule has 2 heterocycles. The second-order valence-electron chi connectivity index (χ2n) is 7.44. The van der Waals surface area contributed by atoms with Crippen molar-refractivity contribution in [1.29, 1.82) is 0 Å². The lowest BCUT2D eigenvalue weighted by atomic mass is 9.87. The van der Waals surface area contributed by atoms with Crippen LogP contribution in [0.2, 0.25) is 0 Å². The van der Waals surface area contributed by atoms with Crippen LogP contribution in [-0.2, 0) is 16.0 Å². The fourth-order valence-corrected chi connectivity index (χ4v) is 4.01. The van der Waals surface area contributed by atoms with Crippen LogP contribution in [0.3, 0.4) is 0 Å². The van der Waals surface area contributed by atoms with Crippen molar-refractivity contribution in [2.75, 3.05) is 19.6 Å². The molecule has 25 heavy (non-hydrogen) atoms. The van der Waals surface area contributed by atoms with E-state index in [9.17, 15) is 9.59 Å². The highest BCUT2D eigenvalue weighted by Crippen LogP contribution is 2.27. The molecule has 0 bridgehead atoms. The van der Waals surface area contributed by atoms with E-state index < -0.39 is 0 Å². The Morgan fingerprint density at radius 1 is 1.24 bits per heavy atom. The van der Waals surface area contributed by atoms with Crippen molar-refractivity contribution in [3.8, 4) is 0 Å². The number of hydrogen-bond donors (Lipinski definition) is 1. The predicted octanol–water partition coefficient (Wildman–Crippen LogP) is 2.56. The lowest BCUT2D eigenvalue weighted by Gasteiger charge is -2.35.